The van der Waals surface area contributed by atoms with Gasteiger partial charge in [0.15, 0.2) is 0 Å². The van der Waals surface area contributed by atoms with E-state index < -0.39 is 17.4 Å². The van der Waals surface area contributed by atoms with Crippen molar-refractivity contribution in [3.63, 3.8) is 0 Å². The van der Waals surface area contributed by atoms with E-state index in [1.807, 2.05) is 0 Å². The summed E-state index contributed by atoms with van der Waals surface area (Å²) in [5, 5.41) is 18.1. The predicted octanol–water partition coefficient (Wildman–Crippen LogP) is -0.929. The second-order valence-electron chi connectivity index (χ2n) is 4.30. The molecule has 1 aliphatic carbocycles. The van der Waals surface area contributed by atoms with E-state index >= 15 is 0 Å². The van der Waals surface area contributed by atoms with E-state index in [1.54, 1.807) is 0 Å². The summed E-state index contributed by atoms with van der Waals surface area (Å²) in [5.41, 5.74) is -1.22. The first-order chi connectivity index (χ1) is 7.62. The molecule has 2 N–H and O–H groups in total. The topological polar surface area (TPSA) is 87.1 Å². The quantitative estimate of drug-likeness (QED) is 0.610. The number of carboxylic acids is 1. The molecule has 0 aromatic heterocycles. The minimum atomic E-state index is -1.22. The monoisotopic (exact) mass is 229 g/mol. The average Bonchev–Trinajstić information content (AvgIpc) is 3.09. The molecule has 1 saturated carbocycles. The maximum Gasteiger partial charge on any atom is 0.319 e. The third kappa shape index (κ3) is 1.68. The van der Waals surface area contributed by atoms with Crippen molar-refractivity contribution in [2.75, 3.05) is 26.4 Å². The smallest absolute Gasteiger partial charge is 0.319 e. The minimum absolute atomic E-state index is 0.193. The van der Waals surface area contributed by atoms with Crippen molar-refractivity contribution in [1.29, 1.82) is 0 Å². The van der Waals surface area contributed by atoms with Gasteiger partial charge in [0.2, 0.25) is 5.91 Å². The molecule has 90 valence electrons. The Bertz CT molecular complexity index is 312. The summed E-state index contributed by atoms with van der Waals surface area (Å²) in [6.07, 6.45) is 0.799. The Morgan fingerprint density at radius 2 is 2.12 bits per heavy atom. The van der Waals surface area contributed by atoms with Gasteiger partial charge in [-0.2, -0.15) is 0 Å². The maximum absolute atomic E-state index is 12.1. The number of hydrogen-bond acceptors (Lipinski definition) is 4. The molecule has 16 heavy (non-hydrogen) atoms. The third-order valence-corrected chi connectivity index (χ3v) is 3.27. The number of aliphatic hydroxyl groups excluding tert-OH is 1. The summed E-state index contributed by atoms with van der Waals surface area (Å²) in [7, 11) is 0. The van der Waals surface area contributed by atoms with Crippen LogP contribution in [-0.4, -0.2) is 59.4 Å². The molecule has 2 aliphatic rings. The molecule has 1 atom stereocenters. The molecule has 2 rings (SSSR count). The Hall–Kier alpha value is -1.14. The highest BCUT2D eigenvalue weighted by Crippen LogP contribution is 2.47. The van der Waals surface area contributed by atoms with Gasteiger partial charge in [0.1, 0.15) is 5.41 Å². The zero-order valence-corrected chi connectivity index (χ0v) is 8.89. The Morgan fingerprint density at radius 3 is 2.62 bits per heavy atom. The number of carbonyl (C=O) groups excluding carboxylic acids is 1. The fourth-order valence-corrected chi connectivity index (χ4v) is 1.99. The molecule has 0 bridgehead atoms. The summed E-state index contributed by atoms with van der Waals surface area (Å²) in [5.74, 6) is -1.43. The molecule has 1 amide bonds. The van der Waals surface area contributed by atoms with Crippen LogP contribution in [0.15, 0.2) is 0 Å². The van der Waals surface area contributed by atoms with Gasteiger partial charge in [-0.15, -0.1) is 0 Å². The van der Waals surface area contributed by atoms with E-state index in [4.69, 9.17) is 14.9 Å². The number of aliphatic carboxylic acids is 1. The normalized spacial score (nSPS) is 27.6. The molecule has 1 unspecified atom stereocenters. The Labute approximate surface area is 92.8 Å². The molecule has 1 aliphatic heterocycles. The lowest BCUT2D eigenvalue weighted by atomic mass is 10.0. The van der Waals surface area contributed by atoms with Crippen molar-refractivity contribution >= 4 is 11.9 Å². The first-order valence-electron chi connectivity index (χ1n) is 5.35. The number of carbonyl (C=O) groups is 2. The van der Waals surface area contributed by atoms with E-state index in [9.17, 15) is 9.59 Å². The number of aliphatic hydroxyl groups is 1. The van der Waals surface area contributed by atoms with E-state index in [2.05, 4.69) is 0 Å². The van der Waals surface area contributed by atoms with Gasteiger partial charge in [-0.05, 0) is 12.8 Å². The number of amides is 1. The van der Waals surface area contributed by atoms with Crippen LogP contribution in [-0.2, 0) is 14.3 Å². The molecule has 2 fully saturated rings. The van der Waals surface area contributed by atoms with Crippen LogP contribution in [0.4, 0.5) is 0 Å². The first kappa shape index (κ1) is 11.3. The van der Waals surface area contributed by atoms with Gasteiger partial charge in [-0.1, -0.05) is 0 Å². The van der Waals surface area contributed by atoms with Crippen molar-refractivity contribution in [3.05, 3.63) is 0 Å². The summed E-state index contributed by atoms with van der Waals surface area (Å²) >= 11 is 0. The largest absolute Gasteiger partial charge is 0.480 e. The van der Waals surface area contributed by atoms with Crippen molar-refractivity contribution in [2.24, 2.45) is 5.41 Å². The molecular weight excluding hydrogens is 214 g/mol. The van der Waals surface area contributed by atoms with Crippen LogP contribution in [0.3, 0.4) is 0 Å². The van der Waals surface area contributed by atoms with Crippen LogP contribution in [0.25, 0.3) is 0 Å². The number of carboxylic acid groups (broad SMARTS) is 1. The van der Waals surface area contributed by atoms with Crippen LogP contribution in [0.5, 0.6) is 0 Å². The molecule has 1 heterocycles. The number of nitrogens with zero attached hydrogens (tertiary/aromatic N) is 1. The van der Waals surface area contributed by atoms with Crippen LogP contribution >= 0.6 is 0 Å². The summed E-state index contributed by atoms with van der Waals surface area (Å²) in [6, 6.07) is -0.405. The van der Waals surface area contributed by atoms with Gasteiger partial charge in [0, 0.05) is 6.54 Å². The zero-order chi connectivity index (χ0) is 11.8. The maximum atomic E-state index is 12.1. The van der Waals surface area contributed by atoms with Crippen LogP contribution in [0.1, 0.15) is 12.8 Å². The highest BCUT2D eigenvalue weighted by molar-refractivity contribution is 6.05. The molecule has 6 nitrogen and oxygen atoms in total. The standard InChI is InChI=1S/C10H15NO5/c12-5-7-6-16-4-3-11(7)8(13)10(1-2-10)9(14)15/h7,12H,1-6H2,(H,14,15). The minimum Gasteiger partial charge on any atom is -0.480 e. The van der Waals surface area contributed by atoms with Crippen LogP contribution < -0.4 is 0 Å². The highest BCUT2D eigenvalue weighted by atomic mass is 16.5. The van der Waals surface area contributed by atoms with E-state index in [1.165, 1.54) is 4.90 Å². The average molecular weight is 229 g/mol. The van der Waals surface area contributed by atoms with Crippen LogP contribution in [0, 0.1) is 5.41 Å². The highest BCUT2D eigenvalue weighted by Gasteiger charge is 2.59. The Balaban J connectivity index is 2.11. The lowest BCUT2D eigenvalue weighted by Crippen LogP contribution is -2.54. The molecular formula is C10H15NO5. The molecule has 0 aromatic carbocycles. The number of ether oxygens (including phenoxy) is 1. The lowest BCUT2D eigenvalue weighted by molar-refractivity contribution is -0.159. The molecule has 1 saturated heterocycles. The van der Waals surface area contributed by atoms with Gasteiger partial charge in [0.25, 0.3) is 0 Å². The summed E-state index contributed by atoms with van der Waals surface area (Å²) in [4.78, 5) is 24.5. The van der Waals surface area contributed by atoms with Gasteiger partial charge >= 0.3 is 5.97 Å². The lowest BCUT2D eigenvalue weighted by Gasteiger charge is -2.36. The molecule has 0 aromatic rings. The first-order valence-corrected chi connectivity index (χ1v) is 5.35. The molecule has 0 spiro atoms. The SMILES string of the molecule is O=C(O)C1(C(=O)N2CCOCC2CO)CC1. The van der Waals surface area contributed by atoms with Crippen molar-refractivity contribution in [1.82, 2.24) is 4.90 Å². The second-order valence-corrected chi connectivity index (χ2v) is 4.30. The summed E-state index contributed by atoms with van der Waals surface area (Å²) < 4.78 is 5.15. The Morgan fingerprint density at radius 1 is 1.44 bits per heavy atom. The third-order valence-electron chi connectivity index (χ3n) is 3.27. The van der Waals surface area contributed by atoms with Crippen molar-refractivity contribution in [2.45, 2.75) is 18.9 Å². The fraction of sp³-hybridized carbons (Fsp3) is 0.800. The number of morpholine rings is 1. The number of rotatable bonds is 3. The van der Waals surface area contributed by atoms with E-state index in [-0.39, 0.29) is 19.1 Å². The second kappa shape index (κ2) is 4.03. The van der Waals surface area contributed by atoms with Gasteiger partial charge in [-0.3, -0.25) is 9.59 Å². The zero-order valence-electron chi connectivity index (χ0n) is 8.89. The summed E-state index contributed by atoms with van der Waals surface area (Å²) in [6.45, 7) is 0.844. The van der Waals surface area contributed by atoms with Crippen LogP contribution in [0.2, 0.25) is 0 Å². The molecule has 6 heteroatoms. The van der Waals surface area contributed by atoms with Gasteiger partial charge in [-0.25, -0.2) is 0 Å². The fourth-order valence-electron chi connectivity index (χ4n) is 1.99. The predicted molar refractivity (Wildman–Crippen MR) is 52.7 cm³/mol. The van der Waals surface area contributed by atoms with Crippen molar-refractivity contribution < 1.29 is 24.5 Å². The van der Waals surface area contributed by atoms with E-state index in [0.29, 0.717) is 26.0 Å². The Kier molecular flexibility index (Phi) is 2.86. The van der Waals surface area contributed by atoms with Gasteiger partial charge in [0.05, 0.1) is 25.9 Å². The van der Waals surface area contributed by atoms with E-state index in [0.717, 1.165) is 0 Å². The van der Waals surface area contributed by atoms with Crippen molar-refractivity contribution in [3.8, 4) is 0 Å². The van der Waals surface area contributed by atoms with Gasteiger partial charge < -0.3 is 19.8 Å². The molecule has 0 radical (unpaired) electrons. The number of hydrogen-bond donors (Lipinski definition) is 2.